The average Bonchev–Trinajstić information content (AvgIpc) is 3.33. The third kappa shape index (κ3) is 4.41. The number of phenols is 1. The average molecular weight is 476 g/mol. The van der Waals surface area contributed by atoms with Gasteiger partial charge >= 0.3 is 0 Å². The van der Waals surface area contributed by atoms with E-state index < -0.39 is 0 Å². The molecule has 0 amide bonds. The van der Waals surface area contributed by atoms with Crippen molar-refractivity contribution in [3.63, 3.8) is 0 Å². The lowest BCUT2D eigenvalue weighted by atomic mass is 10.0. The number of guanidine groups is 1. The molecule has 2 N–H and O–H groups in total. The molecule has 9 heteroatoms. The van der Waals surface area contributed by atoms with Gasteiger partial charge in [-0.25, -0.2) is 9.98 Å². The molecule has 4 aliphatic rings. The molecule has 1 aromatic heterocycles. The summed E-state index contributed by atoms with van der Waals surface area (Å²) < 4.78 is 5.58. The molecule has 0 saturated carbocycles. The maximum Gasteiger partial charge on any atom is 0.201 e. The Morgan fingerprint density at radius 1 is 0.971 bits per heavy atom. The Kier molecular flexibility index (Phi) is 5.95. The Bertz CT molecular complexity index is 1140. The highest BCUT2D eigenvalue weighted by molar-refractivity contribution is 5.93. The summed E-state index contributed by atoms with van der Waals surface area (Å²) in [5, 5.41) is 13.8. The molecular weight excluding hydrogens is 442 g/mol. The third-order valence-corrected chi connectivity index (χ3v) is 7.36. The van der Waals surface area contributed by atoms with E-state index in [0.29, 0.717) is 13.2 Å². The number of piperazine rings is 1. The molecule has 0 spiro atoms. The standard InChI is InChI=1S/C26H33N7O2/c1-30-9-11-31(12-10-30)23-18-20(5-7-27-23)33-8-6-22-24(19-3-2-4-21(34)17-19)28-26(29-25(22)33)32-13-15-35-16-14-32/h2-5,7,17-18,25,34H,6,8-16H2,1H3,(H,28,29). The van der Waals surface area contributed by atoms with Crippen molar-refractivity contribution < 1.29 is 9.84 Å². The number of hydrogen-bond acceptors (Lipinski definition) is 9. The number of pyridine rings is 1. The number of aliphatic imine (C=N–C) groups is 1. The molecule has 1 unspecified atom stereocenters. The smallest absolute Gasteiger partial charge is 0.201 e. The maximum atomic E-state index is 10.2. The van der Waals surface area contributed by atoms with E-state index in [0.717, 1.165) is 81.0 Å². The molecule has 2 aromatic rings. The number of ether oxygens (including phenoxy) is 1. The van der Waals surface area contributed by atoms with Crippen LogP contribution in [-0.4, -0.2) is 98.1 Å². The Morgan fingerprint density at radius 2 is 1.80 bits per heavy atom. The fourth-order valence-corrected chi connectivity index (χ4v) is 5.34. The van der Waals surface area contributed by atoms with E-state index in [4.69, 9.17) is 14.7 Å². The molecule has 0 radical (unpaired) electrons. The molecule has 35 heavy (non-hydrogen) atoms. The van der Waals surface area contributed by atoms with Gasteiger partial charge in [0.2, 0.25) is 5.96 Å². The van der Waals surface area contributed by atoms with Crippen LogP contribution >= 0.6 is 0 Å². The number of fused-ring (bicyclic) bond motifs is 1. The largest absolute Gasteiger partial charge is 0.508 e. The highest BCUT2D eigenvalue weighted by Gasteiger charge is 2.37. The first kappa shape index (κ1) is 22.2. The monoisotopic (exact) mass is 475 g/mol. The second kappa shape index (κ2) is 9.39. The second-order valence-corrected chi connectivity index (χ2v) is 9.61. The molecule has 3 saturated heterocycles. The number of nitrogens with one attached hydrogen (secondary N) is 1. The third-order valence-electron chi connectivity index (χ3n) is 7.36. The van der Waals surface area contributed by atoms with Crippen LogP contribution in [0.5, 0.6) is 5.75 Å². The minimum atomic E-state index is -0.0887. The van der Waals surface area contributed by atoms with Gasteiger partial charge in [-0.05, 0) is 31.7 Å². The van der Waals surface area contributed by atoms with Gasteiger partial charge in [0.1, 0.15) is 17.7 Å². The molecule has 0 aliphatic carbocycles. The molecule has 3 fully saturated rings. The first-order valence-electron chi connectivity index (χ1n) is 12.5. The Hall–Kier alpha value is -3.30. The van der Waals surface area contributed by atoms with E-state index in [2.05, 4.69) is 50.2 Å². The predicted octanol–water partition coefficient (Wildman–Crippen LogP) is 1.78. The Labute approximate surface area is 206 Å². The summed E-state index contributed by atoms with van der Waals surface area (Å²) >= 11 is 0. The zero-order valence-corrected chi connectivity index (χ0v) is 20.2. The summed E-state index contributed by atoms with van der Waals surface area (Å²) in [5.74, 6) is 2.18. The van der Waals surface area contributed by atoms with Gasteiger partial charge in [-0.3, -0.25) is 0 Å². The number of likely N-dealkylation sites (N-methyl/N-ethyl adjacent to an activating group) is 1. The predicted molar refractivity (Wildman–Crippen MR) is 138 cm³/mol. The van der Waals surface area contributed by atoms with Crippen molar-refractivity contribution in [2.45, 2.75) is 12.6 Å². The van der Waals surface area contributed by atoms with E-state index >= 15 is 0 Å². The van der Waals surface area contributed by atoms with Crippen molar-refractivity contribution in [2.24, 2.45) is 4.99 Å². The number of hydrogen-bond donors (Lipinski definition) is 2. The zero-order valence-electron chi connectivity index (χ0n) is 20.2. The normalized spacial score (nSPS) is 23.3. The van der Waals surface area contributed by atoms with Crippen LogP contribution in [0.2, 0.25) is 0 Å². The lowest BCUT2D eigenvalue weighted by Crippen LogP contribution is -2.50. The molecule has 1 atom stereocenters. The van der Waals surface area contributed by atoms with Crippen LogP contribution < -0.4 is 15.1 Å². The lowest BCUT2D eigenvalue weighted by Gasteiger charge is -2.36. The Morgan fingerprint density at radius 3 is 2.60 bits per heavy atom. The second-order valence-electron chi connectivity index (χ2n) is 9.61. The number of morpholine rings is 1. The molecule has 6 rings (SSSR count). The van der Waals surface area contributed by atoms with Crippen molar-refractivity contribution >= 4 is 23.2 Å². The molecule has 5 heterocycles. The quantitative estimate of drug-likeness (QED) is 0.696. The maximum absolute atomic E-state index is 10.2. The highest BCUT2D eigenvalue weighted by atomic mass is 16.5. The van der Waals surface area contributed by atoms with E-state index in [1.165, 1.54) is 5.57 Å². The number of phenolic OH excluding ortho intramolecular Hbond substituents is 1. The topological polar surface area (TPSA) is 79.7 Å². The van der Waals surface area contributed by atoms with E-state index in [1.54, 1.807) is 6.07 Å². The molecule has 4 aliphatic heterocycles. The summed E-state index contributed by atoms with van der Waals surface area (Å²) in [6, 6.07) is 11.8. The van der Waals surface area contributed by atoms with Crippen molar-refractivity contribution in [2.75, 3.05) is 75.9 Å². The SMILES string of the molecule is CN1CCN(c2cc(N3CCC4=C(c5cccc(O)c5)NC(N5CCOCC5)=NC43)ccn2)CC1. The van der Waals surface area contributed by atoms with Gasteiger partial charge in [0, 0.05) is 74.9 Å². The fraction of sp³-hybridized carbons (Fsp3) is 0.462. The van der Waals surface area contributed by atoms with Gasteiger partial charge in [-0.15, -0.1) is 0 Å². The van der Waals surface area contributed by atoms with Gasteiger partial charge in [-0.1, -0.05) is 12.1 Å². The molecule has 0 bridgehead atoms. The molecule has 184 valence electrons. The van der Waals surface area contributed by atoms with Crippen molar-refractivity contribution in [1.29, 1.82) is 0 Å². The van der Waals surface area contributed by atoms with Crippen LogP contribution in [0.15, 0.2) is 53.2 Å². The van der Waals surface area contributed by atoms with Crippen molar-refractivity contribution in [3.05, 3.63) is 53.7 Å². The summed E-state index contributed by atoms with van der Waals surface area (Å²) in [4.78, 5) is 19.3. The number of nitrogens with zero attached hydrogens (tertiary/aromatic N) is 6. The first-order valence-corrected chi connectivity index (χ1v) is 12.5. The highest BCUT2D eigenvalue weighted by Crippen LogP contribution is 2.38. The van der Waals surface area contributed by atoms with Crippen LogP contribution in [0, 0.1) is 0 Å². The van der Waals surface area contributed by atoms with Gasteiger partial charge in [0.15, 0.2) is 0 Å². The van der Waals surface area contributed by atoms with Crippen molar-refractivity contribution in [3.8, 4) is 5.75 Å². The summed E-state index contributed by atoms with van der Waals surface area (Å²) in [7, 11) is 2.17. The number of aromatic hydroxyl groups is 1. The van der Waals surface area contributed by atoms with Gasteiger partial charge in [0.05, 0.1) is 18.9 Å². The number of benzene rings is 1. The van der Waals surface area contributed by atoms with Gasteiger partial charge in [0.25, 0.3) is 0 Å². The molecule has 9 nitrogen and oxygen atoms in total. The lowest BCUT2D eigenvalue weighted by molar-refractivity contribution is 0.0667. The van der Waals surface area contributed by atoms with Crippen molar-refractivity contribution in [1.82, 2.24) is 20.1 Å². The summed E-state index contributed by atoms with van der Waals surface area (Å²) in [5.41, 5.74) is 4.44. The number of aromatic nitrogens is 1. The zero-order chi connectivity index (χ0) is 23.8. The van der Waals surface area contributed by atoms with E-state index in [-0.39, 0.29) is 11.9 Å². The van der Waals surface area contributed by atoms with E-state index in [1.807, 2.05) is 18.3 Å². The van der Waals surface area contributed by atoms with Crippen LogP contribution in [0.4, 0.5) is 11.5 Å². The Balaban J connectivity index is 1.35. The fourth-order valence-electron chi connectivity index (χ4n) is 5.34. The van der Waals surface area contributed by atoms with E-state index in [9.17, 15) is 5.11 Å². The molecular formula is C26H33N7O2. The molecule has 1 aromatic carbocycles. The number of anilines is 2. The summed E-state index contributed by atoms with van der Waals surface area (Å²) in [6.45, 7) is 8.00. The van der Waals surface area contributed by atoms with Crippen LogP contribution in [0.25, 0.3) is 5.70 Å². The minimum Gasteiger partial charge on any atom is -0.508 e. The van der Waals surface area contributed by atoms with Crippen LogP contribution in [0.3, 0.4) is 0 Å². The van der Waals surface area contributed by atoms with Crippen LogP contribution in [-0.2, 0) is 4.74 Å². The van der Waals surface area contributed by atoms with Gasteiger partial charge in [-0.2, -0.15) is 0 Å². The number of rotatable bonds is 3. The van der Waals surface area contributed by atoms with Gasteiger partial charge < -0.3 is 34.8 Å². The minimum absolute atomic E-state index is 0.0887. The first-order chi connectivity index (χ1) is 17.2. The summed E-state index contributed by atoms with van der Waals surface area (Å²) in [6.07, 6.45) is 2.75. The van der Waals surface area contributed by atoms with Crippen LogP contribution in [0.1, 0.15) is 12.0 Å².